The van der Waals surface area contributed by atoms with Gasteiger partial charge < -0.3 is 0 Å². The maximum atomic E-state index is 4.30. The molecule has 0 fully saturated rings. The summed E-state index contributed by atoms with van der Waals surface area (Å²) < 4.78 is 2.75. The average Bonchev–Trinajstić information content (AvgIpc) is 2.46. The van der Waals surface area contributed by atoms with Crippen LogP contribution in [0.5, 0.6) is 0 Å². The predicted octanol–water partition coefficient (Wildman–Crippen LogP) is 1.92. The van der Waals surface area contributed by atoms with E-state index in [1.807, 2.05) is 17.6 Å². The Balaban J connectivity index is 2.85. The number of hydrogen-bond acceptors (Lipinski definition) is 4. The number of imidazole rings is 1. The first kappa shape index (κ1) is 8.96. The van der Waals surface area contributed by atoms with E-state index in [9.17, 15) is 0 Å². The monoisotopic (exact) mass is 258 g/mol. The molecule has 13 heavy (non-hydrogen) atoms. The molecule has 2 aromatic heterocycles. The van der Waals surface area contributed by atoms with Gasteiger partial charge in [-0.1, -0.05) is 11.8 Å². The summed E-state index contributed by atoms with van der Waals surface area (Å²) in [6.07, 6.45) is 3.71. The quantitative estimate of drug-likeness (QED) is 0.734. The lowest BCUT2D eigenvalue weighted by Gasteiger charge is -2.02. The third-order valence-corrected chi connectivity index (χ3v) is 2.79. The number of thioether (sulfide) groups is 1. The number of rotatable bonds is 1. The lowest BCUT2D eigenvalue weighted by Crippen LogP contribution is -1.99. The second-order valence-corrected chi connectivity index (χ2v) is 4.06. The number of fused-ring (bicyclic) bond motifs is 1. The topological polar surface area (TPSA) is 43.1 Å². The predicted molar refractivity (Wildman–Crippen MR) is 55.0 cm³/mol. The van der Waals surface area contributed by atoms with Crippen LogP contribution in [0.1, 0.15) is 5.82 Å². The highest BCUT2D eigenvalue weighted by atomic mass is 79.9. The summed E-state index contributed by atoms with van der Waals surface area (Å²) in [5.74, 6) is 1.43. The molecular formula is C7H7BrN4S. The molecule has 0 unspecified atom stereocenters. The van der Waals surface area contributed by atoms with E-state index >= 15 is 0 Å². The van der Waals surface area contributed by atoms with Crippen molar-refractivity contribution < 1.29 is 0 Å². The highest BCUT2D eigenvalue weighted by Gasteiger charge is 2.07. The molecule has 0 amide bonds. The minimum atomic E-state index is 0.684. The Morgan fingerprint density at radius 2 is 2.23 bits per heavy atom. The van der Waals surface area contributed by atoms with Gasteiger partial charge in [-0.15, -0.1) is 0 Å². The van der Waals surface area contributed by atoms with Crippen molar-refractivity contribution in [3.05, 3.63) is 16.6 Å². The van der Waals surface area contributed by atoms with Crippen molar-refractivity contribution in [2.45, 2.75) is 12.1 Å². The van der Waals surface area contributed by atoms with Crippen LogP contribution in [0.15, 0.2) is 16.0 Å². The number of nitrogens with zero attached hydrogens (tertiary/aromatic N) is 4. The summed E-state index contributed by atoms with van der Waals surface area (Å²) in [5.41, 5.74) is 0. The van der Waals surface area contributed by atoms with Gasteiger partial charge in [0.25, 0.3) is 0 Å². The molecule has 2 rings (SSSR count). The van der Waals surface area contributed by atoms with Crippen LogP contribution in [0.2, 0.25) is 0 Å². The van der Waals surface area contributed by atoms with Crippen molar-refractivity contribution in [2.75, 3.05) is 6.26 Å². The lowest BCUT2D eigenvalue weighted by atomic mass is 10.7. The molecule has 2 heterocycles. The Morgan fingerprint density at radius 3 is 2.92 bits per heavy atom. The number of halogens is 1. The average molecular weight is 259 g/mol. The number of hydrogen-bond donors (Lipinski definition) is 0. The number of aromatic nitrogens is 4. The van der Waals surface area contributed by atoms with Crippen LogP contribution in [-0.4, -0.2) is 25.6 Å². The zero-order valence-electron chi connectivity index (χ0n) is 7.15. The first-order chi connectivity index (χ1) is 6.22. The fourth-order valence-electron chi connectivity index (χ4n) is 1.07. The first-order valence-corrected chi connectivity index (χ1v) is 5.65. The van der Waals surface area contributed by atoms with Crippen LogP contribution in [-0.2, 0) is 0 Å². The van der Waals surface area contributed by atoms with Crippen LogP contribution in [0.25, 0.3) is 5.78 Å². The van der Waals surface area contributed by atoms with Crippen LogP contribution in [0.4, 0.5) is 0 Å². The van der Waals surface area contributed by atoms with Gasteiger partial charge in [-0.05, 0) is 29.1 Å². The Kier molecular flexibility index (Phi) is 2.25. The minimum absolute atomic E-state index is 0.684. The van der Waals surface area contributed by atoms with E-state index in [2.05, 4.69) is 30.9 Å². The van der Waals surface area contributed by atoms with E-state index in [4.69, 9.17) is 0 Å². The smallest absolute Gasteiger partial charge is 0.238 e. The molecule has 0 bridgehead atoms. The molecule has 0 saturated heterocycles. The minimum Gasteiger partial charge on any atom is -0.249 e. The van der Waals surface area contributed by atoms with Crippen LogP contribution >= 0.6 is 27.7 Å². The molecule has 68 valence electrons. The van der Waals surface area contributed by atoms with E-state index in [0.29, 0.717) is 5.78 Å². The Hall–Kier alpha value is -0.620. The van der Waals surface area contributed by atoms with Gasteiger partial charge in [0.2, 0.25) is 5.78 Å². The standard InChI is InChI=1S/C7H7BrN4S/c1-4-10-6-9-3-5(8)12(6)7(11-4)13-2/h3H,1-2H3. The molecule has 0 aliphatic heterocycles. The molecule has 2 aromatic rings. The van der Waals surface area contributed by atoms with Gasteiger partial charge in [0.1, 0.15) is 10.4 Å². The van der Waals surface area contributed by atoms with Gasteiger partial charge in [-0.2, -0.15) is 4.98 Å². The summed E-state index contributed by atoms with van der Waals surface area (Å²) in [4.78, 5) is 12.6. The molecule has 0 N–H and O–H groups in total. The Bertz CT molecular complexity index is 453. The molecule has 0 saturated carbocycles. The molecule has 6 heteroatoms. The Morgan fingerprint density at radius 1 is 1.46 bits per heavy atom. The summed E-state index contributed by atoms with van der Waals surface area (Å²) in [5, 5.41) is 0.895. The second kappa shape index (κ2) is 3.26. The van der Waals surface area contributed by atoms with Crippen LogP contribution < -0.4 is 0 Å². The molecule has 0 atom stereocenters. The van der Waals surface area contributed by atoms with Gasteiger partial charge in [0, 0.05) is 0 Å². The summed E-state index contributed by atoms with van der Waals surface area (Å²) >= 11 is 4.96. The Labute approximate surface area is 87.9 Å². The highest BCUT2D eigenvalue weighted by Crippen LogP contribution is 2.19. The molecule has 0 aliphatic carbocycles. The van der Waals surface area contributed by atoms with Gasteiger partial charge in [-0.3, -0.25) is 0 Å². The molecule has 0 aliphatic rings. The molecule has 0 aromatic carbocycles. The van der Waals surface area contributed by atoms with Crippen molar-refractivity contribution in [2.24, 2.45) is 0 Å². The van der Waals surface area contributed by atoms with Crippen molar-refractivity contribution in [1.29, 1.82) is 0 Å². The largest absolute Gasteiger partial charge is 0.249 e. The first-order valence-electron chi connectivity index (χ1n) is 3.64. The highest BCUT2D eigenvalue weighted by molar-refractivity contribution is 9.10. The van der Waals surface area contributed by atoms with Gasteiger partial charge in [0.05, 0.1) is 6.20 Å². The van der Waals surface area contributed by atoms with E-state index in [0.717, 1.165) is 15.6 Å². The third kappa shape index (κ3) is 1.44. The van der Waals surface area contributed by atoms with Crippen LogP contribution in [0, 0.1) is 6.92 Å². The maximum Gasteiger partial charge on any atom is 0.238 e. The summed E-state index contributed by atoms with van der Waals surface area (Å²) in [6, 6.07) is 0. The van der Waals surface area contributed by atoms with Crippen molar-refractivity contribution >= 4 is 33.5 Å². The van der Waals surface area contributed by atoms with E-state index in [1.165, 1.54) is 0 Å². The maximum absolute atomic E-state index is 4.30. The van der Waals surface area contributed by atoms with E-state index in [-0.39, 0.29) is 0 Å². The molecule has 4 nitrogen and oxygen atoms in total. The van der Waals surface area contributed by atoms with Gasteiger partial charge >= 0.3 is 0 Å². The SMILES string of the molecule is CSc1nc(C)nc2ncc(Br)n12. The van der Waals surface area contributed by atoms with E-state index in [1.54, 1.807) is 18.0 Å². The molecule has 0 radical (unpaired) electrons. The van der Waals surface area contributed by atoms with Gasteiger partial charge in [-0.25, -0.2) is 14.4 Å². The zero-order chi connectivity index (χ0) is 9.42. The lowest BCUT2D eigenvalue weighted by molar-refractivity contribution is 0.819. The van der Waals surface area contributed by atoms with Crippen molar-refractivity contribution in [3.63, 3.8) is 0 Å². The summed E-state index contributed by atoms with van der Waals surface area (Å²) in [6.45, 7) is 1.86. The third-order valence-electron chi connectivity index (χ3n) is 1.59. The zero-order valence-corrected chi connectivity index (χ0v) is 9.55. The number of aryl methyl sites for hydroxylation is 1. The van der Waals surface area contributed by atoms with Crippen LogP contribution in [0.3, 0.4) is 0 Å². The van der Waals surface area contributed by atoms with E-state index < -0.39 is 0 Å². The molecular weight excluding hydrogens is 252 g/mol. The fourth-order valence-corrected chi connectivity index (χ4v) is 2.21. The summed E-state index contributed by atoms with van der Waals surface area (Å²) in [7, 11) is 0. The van der Waals surface area contributed by atoms with Gasteiger partial charge in [0.15, 0.2) is 5.16 Å². The molecule has 0 spiro atoms. The van der Waals surface area contributed by atoms with Crippen molar-refractivity contribution in [3.8, 4) is 0 Å². The normalized spacial score (nSPS) is 11.0. The van der Waals surface area contributed by atoms with Crippen molar-refractivity contribution in [1.82, 2.24) is 19.4 Å². The fraction of sp³-hybridized carbons (Fsp3) is 0.286. The second-order valence-electron chi connectivity index (χ2n) is 2.47.